The molecule has 0 spiro atoms. The number of carboxylic acid groups (broad SMARTS) is 1. The van der Waals surface area contributed by atoms with E-state index in [0.29, 0.717) is 0 Å². The van der Waals surface area contributed by atoms with Crippen molar-refractivity contribution in [2.24, 2.45) is 0 Å². The second-order valence-corrected chi connectivity index (χ2v) is 10.2. The third kappa shape index (κ3) is 2.95. The first-order chi connectivity index (χ1) is 14.8. The number of fused-ring (bicyclic) bond motifs is 1. The summed E-state index contributed by atoms with van der Waals surface area (Å²) in [7, 11) is 0. The smallest absolute Gasteiger partial charge is 0.353 e. The highest BCUT2D eigenvalue weighted by Gasteiger charge is 2.63. The zero-order valence-corrected chi connectivity index (χ0v) is 18.7. The fourth-order valence-electron chi connectivity index (χ4n) is 4.47. The van der Waals surface area contributed by atoms with Gasteiger partial charge in [-0.05, 0) is 23.9 Å². The molecule has 4 atom stereocenters. The average Bonchev–Trinajstić information content (AvgIpc) is 3.38. The lowest BCUT2D eigenvalue weighted by Crippen LogP contribution is -2.73. The van der Waals surface area contributed by atoms with E-state index in [2.05, 4.69) is 5.32 Å². The van der Waals surface area contributed by atoms with Gasteiger partial charge in [-0.15, -0.1) is 23.1 Å². The van der Waals surface area contributed by atoms with Gasteiger partial charge >= 0.3 is 5.97 Å². The van der Waals surface area contributed by atoms with Crippen LogP contribution in [0, 0.1) is 0 Å². The van der Waals surface area contributed by atoms with E-state index in [1.807, 2.05) is 54.8 Å². The summed E-state index contributed by atoms with van der Waals surface area (Å²) in [5.74, 6) is -1.60. The quantitative estimate of drug-likeness (QED) is 0.661. The van der Waals surface area contributed by atoms with Crippen LogP contribution in [0.3, 0.4) is 0 Å². The minimum absolute atomic E-state index is 0.134. The molecule has 1 aromatic heterocycles. The largest absolute Gasteiger partial charge is 0.477 e. The van der Waals surface area contributed by atoms with E-state index < -0.39 is 35.0 Å². The molecule has 1 aromatic carbocycles. The molecule has 2 saturated heterocycles. The summed E-state index contributed by atoms with van der Waals surface area (Å²) in [4.78, 5) is 42.3. The van der Waals surface area contributed by atoms with Gasteiger partial charge < -0.3 is 10.0 Å². The molecule has 2 fully saturated rings. The summed E-state index contributed by atoms with van der Waals surface area (Å²) in [6.07, 6.45) is 0. The fourth-order valence-corrected chi connectivity index (χ4v) is 6.91. The molecule has 0 saturated carbocycles. The number of nitrogens with one attached hydrogen (secondary N) is 1. The lowest BCUT2D eigenvalue weighted by atomic mass is 9.98. The van der Waals surface area contributed by atoms with Gasteiger partial charge in [0, 0.05) is 10.6 Å². The number of aliphatic carboxylic acids is 1. The van der Waals surface area contributed by atoms with E-state index in [0.717, 1.165) is 10.4 Å². The van der Waals surface area contributed by atoms with Crippen LogP contribution < -0.4 is 5.32 Å². The van der Waals surface area contributed by atoms with Gasteiger partial charge in [0.1, 0.15) is 28.8 Å². The van der Waals surface area contributed by atoms with E-state index in [1.54, 1.807) is 4.90 Å². The van der Waals surface area contributed by atoms with Crippen molar-refractivity contribution >= 4 is 52.5 Å². The van der Waals surface area contributed by atoms with Crippen LogP contribution in [0.25, 0.3) is 0 Å². The highest BCUT2D eigenvalue weighted by molar-refractivity contribution is 8.00. The molecule has 0 aliphatic carbocycles. The molecule has 0 bridgehead atoms. The molecule has 2 unspecified atom stereocenters. The van der Waals surface area contributed by atoms with Crippen LogP contribution in [0.5, 0.6) is 0 Å². The van der Waals surface area contributed by atoms with Crippen LogP contribution in [0.15, 0.2) is 58.6 Å². The normalized spacial score (nSPS) is 30.5. The number of β-lactam (4-membered cyclic amide) rings is 1. The topological polar surface area (TPSA) is 90.0 Å². The Morgan fingerprint density at radius 3 is 2.58 bits per heavy atom. The van der Waals surface area contributed by atoms with E-state index >= 15 is 0 Å². The van der Waals surface area contributed by atoms with Gasteiger partial charge in [0.25, 0.3) is 5.91 Å². The van der Waals surface area contributed by atoms with Crippen molar-refractivity contribution < 1.29 is 19.5 Å². The van der Waals surface area contributed by atoms with Crippen molar-refractivity contribution in [3.05, 3.63) is 69.0 Å². The number of carbonyl (C=O) groups is 3. The molecule has 0 radical (unpaired) electrons. The van der Waals surface area contributed by atoms with Crippen LogP contribution in [-0.4, -0.2) is 49.9 Å². The van der Waals surface area contributed by atoms with Crippen molar-refractivity contribution in [2.45, 2.75) is 30.0 Å². The fraction of sp³-hybridized carbons (Fsp3) is 0.286. The Morgan fingerprint density at radius 2 is 1.94 bits per heavy atom. The third-order valence-corrected chi connectivity index (χ3v) is 8.72. The van der Waals surface area contributed by atoms with Crippen LogP contribution in [0.4, 0.5) is 0 Å². The Balaban J connectivity index is 1.56. The first kappa shape index (κ1) is 20.6. The van der Waals surface area contributed by atoms with Crippen LogP contribution in [0.2, 0.25) is 0 Å². The van der Waals surface area contributed by atoms with Crippen LogP contribution in [-0.2, 0) is 20.0 Å². The van der Waals surface area contributed by atoms with Crippen LogP contribution >= 0.6 is 34.7 Å². The van der Waals surface area contributed by atoms with E-state index in [4.69, 9.17) is 11.6 Å². The molecule has 4 heterocycles. The number of thioether (sulfide) groups is 1. The van der Waals surface area contributed by atoms with Gasteiger partial charge in [0.15, 0.2) is 0 Å². The molecule has 2 amide bonds. The standard InChI is InChI=1S/C21H18ClN3O4S2/c1-21(13-8-5-9-30-13)23-14(11-6-3-2-4-7-11)17(26)25(21)16-18(27)24-15(20(28)29)12(22)10-31-19(16)24/h2-9,14,16,19,23H,10H2,1H3,(H,28,29)/t14?,16-,19-,21?/m1/s1. The maximum Gasteiger partial charge on any atom is 0.353 e. The Morgan fingerprint density at radius 1 is 1.19 bits per heavy atom. The average molecular weight is 476 g/mol. The SMILES string of the molecule is CC1(c2cccs2)NC(c2ccccc2)C(=O)N1[C@@H]1C(=O)N2C(C(=O)O)=C(Cl)CS[C@H]12. The number of nitrogens with zero attached hydrogens (tertiary/aromatic N) is 2. The van der Waals surface area contributed by atoms with E-state index in [-0.39, 0.29) is 22.4 Å². The summed E-state index contributed by atoms with van der Waals surface area (Å²) < 4.78 is 0. The predicted octanol–water partition coefficient (Wildman–Crippen LogP) is 2.91. The second kappa shape index (κ2) is 7.37. The van der Waals surface area contributed by atoms with Gasteiger partial charge in [-0.1, -0.05) is 48.0 Å². The third-order valence-electron chi connectivity index (χ3n) is 5.90. The number of rotatable bonds is 4. The molecular weight excluding hydrogens is 458 g/mol. The summed E-state index contributed by atoms with van der Waals surface area (Å²) in [6, 6.07) is 11.8. The van der Waals surface area contributed by atoms with Gasteiger partial charge in [0.05, 0.1) is 5.03 Å². The summed E-state index contributed by atoms with van der Waals surface area (Å²) in [5.41, 5.74) is -0.289. The monoisotopic (exact) mass is 475 g/mol. The van der Waals surface area contributed by atoms with Gasteiger partial charge in [-0.3, -0.25) is 19.8 Å². The molecule has 3 aliphatic heterocycles. The lowest BCUT2D eigenvalue weighted by molar-refractivity contribution is -0.163. The van der Waals surface area contributed by atoms with Crippen molar-refractivity contribution in [1.29, 1.82) is 0 Å². The Bertz CT molecular complexity index is 1110. The molecule has 5 rings (SSSR count). The maximum atomic E-state index is 13.7. The number of amides is 2. The van der Waals surface area contributed by atoms with Crippen LogP contribution in [0.1, 0.15) is 23.4 Å². The summed E-state index contributed by atoms with van der Waals surface area (Å²) in [5, 5.41) is 14.6. The van der Waals surface area contributed by atoms with Gasteiger partial charge in [-0.2, -0.15) is 0 Å². The molecular formula is C21H18ClN3O4S2. The van der Waals surface area contributed by atoms with Crippen molar-refractivity contribution in [1.82, 2.24) is 15.1 Å². The highest BCUT2D eigenvalue weighted by atomic mass is 35.5. The van der Waals surface area contributed by atoms with E-state index in [9.17, 15) is 19.5 Å². The zero-order valence-electron chi connectivity index (χ0n) is 16.3. The van der Waals surface area contributed by atoms with E-state index in [1.165, 1.54) is 28.0 Å². The van der Waals surface area contributed by atoms with Crippen molar-refractivity contribution in [3.63, 3.8) is 0 Å². The Kier molecular flexibility index (Phi) is 4.89. The van der Waals surface area contributed by atoms with Crippen molar-refractivity contribution in [2.75, 3.05) is 5.75 Å². The number of thiophene rings is 1. The first-order valence-electron chi connectivity index (χ1n) is 9.61. The summed E-state index contributed by atoms with van der Waals surface area (Å²) in [6.45, 7) is 1.89. The zero-order chi connectivity index (χ0) is 21.9. The minimum Gasteiger partial charge on any atom is -0.477 e. The molecule has 10 heteroatoms. The van der Waals surface area contributed by atoms with Gasteiger partial charge in [-0.25, -0.2) is 4.79 Å². The minimum atomic E-state index is -1.24. The first-order valence-corrected chi connectivity index (χ1v) is 11.9. The Labute approximate surface area is 191 Å². The second-order valence-electron chi connectivity index (χ2n) is 7.66. The predicted molar refractivity (Wildman–Crippen MR) is 118 cm³/mol. The molecule has 2 aromatic rings. The molecule has 2 N–H and O–H groups in total. The number of halogens is 1. The molecule has 31 heavy (non-hydrogen) atoms. The number of benzene rings is 1. The number of carboxylic acids is 1. The maximum absolute atomic E-state index is 13.7. The Hall–Kier alpha value is -2.33. The molecule has 3 aliphatic rings. The number of hydrogen-bond acceptors (Lipinski definition) is 6. The number of hydrogen-bond donors (Lipinski definition) is 2. The number of carbonyl (C=O) groups excluding carboxylic acids is 2. The highest BCUT2D eigenvalue weighted by Crippen LogP contribution is 2.49. The lowest BCUT2D eigenvalue weighted by Gasteiger charge is -2.54. The molecule has 7 nitrogen and oxygen atoms in total. The van der Waals surface area contributed by atoms with Crippen molar-refractivity contribution in [3.8, 4) is 0 Å². The van der Waals surface area contributed by atoms with Gasteiger partial charge in [0.2, 0.25) is 5.91 Å². The summed E-state index contributed by atoms with van der Waals surface area (Å²) >= 11 is 8.98. The molecule has 160 valence electrons.